The number of likely N-dealkylation sites (tertiary alicyclic amines) is 1. The first-order valence-corrected chi connectivity index (χ1v) is 7.17. The first-order chi connectivity index (χ1) is 8.33. The third-order valence-electron chi connectivity index (χ3n) is 3.30. The molecule has 0 spiro atoms. The number of nitrogens with zero attached hydrogens (tertiary/aromatic N) is 1. The molecule has 0 radical (unpaired) electrons. The maximum absolute atomic E-state index is 5.37. The molecule has 0 amide bonds. The minimum absolute atomic E-state index is 0.442. The van der Waals surface area contributed by atoms with Crippen LogP contribution in [0.4, 0.5) is 0 Å². The van der Waals surface area contributed by atoms with Crippen molar-refractivity contribution in [1.82, 2.24) is 4.90 Å². The predicted molar refractivity (Wildman–Crippen MR) is 74.0 cm³/mol. The molecule has 0 saturated carbocycles. The molecule has 2 heterocycles. The SMILES string of the molecule is CCC1CCCN1Cc1ccc(C#CCN)s1. The molecule has 2 nitrogen and oxygen atoms in total. The van der Waals surface area contributed by atoms with E-state index in [1.165, 1.54) is 30.7 Å². The van der Waals surface area contributed by atoms with E-state index >= 15 is 0 Å². The highest BCUT2D eigenvalue weighted by Gasteiger charge is 2.22. The summed E-state index contributed by atoms with van der Waals surface area (Å²) in [7, 11) is 0. The van der Waals surface area contributed by atoms with E-state index < -0.39 is 0 Å². The van der Waals surface area contributed by atoms with Gasteiger partial charge in [0, 0.05) is 17.5 Å². The molecule has 1 atom stereocenters. The minimum atomic E-state index is 0.442. The molecule has 0 aromatic carbocycles. The van der Waals surface area contributed by atoms with Crippen molar-refractivity contribution in [2.75, 3.05) is 13.1 Å². The average Bonchev–Trinajstić information content (AvgIpc) is 2.96. The van der Waals surface area contributed by atoms with Gasteiger partial charge >= 0.3 is 0 Å². The van der Waals surface area contributed by atoms with Crippen LogP contribution in [0.3, 0.4) is 0 Å². The summed E-state index contributed by atoms with van der Waals surface area (Å²) in [6.45, 7) is 5.07. The molecule has 1 aliphatic rings. The van der Waals surface area contributed by atoms with Crippen LogP contribution in [0.15, 0.2) is 12.1 Å². The molecule has 1 fully saturated rings. The lowest BCUT2D eigenvalue weighted by molar-refractivity contribution is 0.242. The zero-order valence-corrected chi connectivity index (χ0v) is 11.2. The van der Waals surface area contributed by atoms with Gasteiger partial charge in [-0.3, -0.25) is 4.90 Å². The molecule has 1 aromatic rings. The van der Waals surface area contributed by atoms with Crippen molar-refractivity contribution in [3.05, 3.63) is 21.9 Å². The highest BCUT2D eigenvalue weighted by atomic mass is 32.1. The molecule has 1 unspecified atom stereocenters. The Morgan fingerprint density at radius 2 is 2.41 bits per heavy atom. The first kappa shape index (κ1) is 12.6. The van der Waals surface area contributed by atoms with Crippen LogP contribution in [0.5, 0.6) is 0 Å². The van der Waals surface area contributed by atoms with Crippen molar-refractivity contribution < 1.29 is 0 Å². The predicted octanol–water partition coefficient (Wildman–Crippen LogP) is 2.43. The van der Waals surface area contributed by atoms with Gasteiger partial charge in [0.15, 0.2) is 0 Å². The number of thiophene rings is 1. The van der Waals surface area contributed by atoms with Crippen molar-refractivity contribution in [3.63, 3.8) is 0 Å². The van der Waals surface area contributed by atoms with Crippen molar-refractivity contribution in [3.8, 4) is 11.8 Å². The highest BCUT2D eigenvalue weighted by molar-refractivity contribution is 7.12. The van der Waals surface area contributed by atoms with Gasteiger partial charge in [0.1, 0.15) is 0 Å². The summed E-state index contributed by atoms with van der Waals surface area (Å²) in [5, 5.41) is 0. The summed E-state index contributed by atoms with van der Waals surface area (Å²) < 4.78 is 0. The zero-order valence-electron chi connectivity index (χ0n) is 10.4. The Morgan fingerprint density at radius 1 is 1.53 bits per heavy atom. The Morgan fingerprint density at radius 3 is 3.18 bits per heavy atom. The van der Waals surface area contributed by atoms with E-state index in [0.717, 1.165) is 17.5 Å². The molecule has 2 rings (SSSR count). The maximum atomic E-state index is 5.37. The van der Waals surface area contributed by atoms with E-state index in [0.29, 0.717) is 6.54 Å². The van der Waals surface area contributed by atoms with Crippen LogP contribution in [0.25, 0.3) is 0 Å². The number of hydrogen-bond acceptors (Lipinski definition) is 3. The van der Waals surface area contributed by atoms with Gasteiger partial charge in [-0.2, -0.15) is 0 Å². The third kappa shape index (κ3) is 3.32. The first-order valence-electron chi connectivity index (χ1n) is 6.35. The fraction of sp³-hybridized carbons (Fsp3) is 0.571. The smallest absolute Gasteiger partial charge is 0.0772 e. The number of rotatable bonds is 3. The molecule has 2 N–H and O–H groups in total. The van der Waals surface area contributed by atoms with Crippen LogP contribution in [0.1, 0.15) is 35.9 Å². The lowest BCUT2D eigenvalue weighted by Crippen LogP contribution is -2.27. The lowest BCUT2D eigenvalue weighted by atomic mass is 10.2. The largest absolute Gasteiger partial charge is 0.320 e. The molecule has 0 aliphatic carbocycles. The van der Waals surface area contributed by atoms with Gasteiger partial charge in [-0.1, -0.05) is 18.8 Å². The van der Waals surface area contributed by atoms with Gasteiger partial charge in [0.2, 0.25) is 0 Å². The van der Waals surface area contributed by atoms with Gasteiger partial charge in [-0.25, -0.2) is 0 Å². The van der Waals surface area contributed by atoms with E-state index in [1.807, 2.05) is 0 Å². The normalized spacial score (nSPS) is 20.2. The fourth-order valence-corrected chi connectivity index (χ4v) is 3.34. The Labute approximate surface area is 108 Å². The summed E-state index contributed by atoms with van der Waals surface area (Å²) in [6.07, 6.45) is 3.98. The van der Waals surface area contributed by atoms with Crippen LogP contribution in [-0.2, 0) is 6.54 Å². The topological polar surface area (TPSA) is 29.3 Å². The number of hydrogen-bond donors (Lipinski definition) is 1. The van der Waals surface area contributed by atoms with Crippen molar-refractivity contribution in [2.45, 2.75) is 38.8 Å². The van der Waals surface area contributed by atoms with E-state index in [4.69, 9.17) is 5.73 Å². The number of nitrogens with two attached hydrogens (primary N) is 1. The molecule has 1 aromatic heterocycles. The quantitative estimate of drug-likeness (QED) is 0.833. The Kier molecular flexibility index (Phi) is 4.61. The van der Waals surface area contributed by atoms with Crippen molar-refractivity contribution >= 4 is 11.3 Å². The van der Waals surface area contributed by atoms with Gasteiger partial charge < -0.3 is 5.73 Å². The second-order valence-electron chi connectivity index (χ2n) is 4.45. The molecule has 3 heteroatoms. The van der Waals surface area contributed by atoms with Crippen LogP contribution in [0.2, 0.25) is 0 Å². The highest BCUT2D eigenvalue weighted by Crippen LogP contribution is 2.25. The molecular formula is C14H20N2S. The van der Waals surface area contributed by atoms with Crippen LogP contribution < -0.4 is 5.73 Å². The second kappa shape index (κ2) is 6.20. The van der Waals surface area contributed by atoms with Crippen LogP contribution in [0, 0.1) is 11.8 Å². The van der Waals surface area contributed by atoms with E-state index in [-0.39, 0.29) is 0 Å². The summed E-state index contributed by atoms with van der Waals surface area (Å²) in [5.74, 6) is 6.01. The Bertz CT molecular complexity index is 413. The van der Waals surface area contributed by atoms with Gasteiger partial charge in [0.25, 0.3) is 0 Å². The molecule has 92 valence electrons. The van der Waals surface area contributed by atoms with Gasteiger partial charge in [-0.15, -0.1) is 11.3 Å². The maximum Gasteiger partial charge on any atom is 0.0772 e. The third-order valence-corrected chi connectivity index (χ3v) is 4.29. The van der Waals surface area contributed by atoms with Gasteiger partial charge in [-0.05, 0) is 37.9 Å². The molecular weight excluding hydrogens is 228 g/mol. The summed E-state index contributed by atoms with van der Waals surface area (Å²) in [5.41, 5.74) is 5.37. The van der Waals surface area contributed by atoms with E-state index in [9.17, 15) is 0 Å². The molecule has 1 aliphatic heterocycles. The summed E-state index contributed by atoms with van der Waals surface area (Å²) >= 11 is 1.80. The van der Waals surface area contributed by atoms with E-state index in [1.54, 1.807) is 11.3 Å². The average molecular weight is 248 g/mol. The summed E-state index contributed by atoms with van der Waals surface area (Å²) in [4.78, 5) is 5.16. The van der Waals surface area contributed by atoms with Crippen molar-refractivity contribution in [2.24, 2.45) is 5.73 Å². The zero-order chi connectivity index (χ0) is 12.1. The fourth-order valence-electron chi connectivity index (χ4n) is 2.43. The minimum Gasteiger partial charge on any atom is -0.320 e. The standard InChI is InChI=1S/C14H20N2S/c1-2-12-5-4-10-16(12)11-14-8-7-13(17-14)6-3-9-15/h7-8,12H,2,4-5,9-11,15H2,1H3. The van der Waals surface area contributed by atoms with E-state index in [2.05, 4.69) is 35.8 Å². The van der Waals surface area contributed by atoms with Gasteiger partial charge in [0.05, 0.1) is 11.4 Å². The molecule has 17 heavy (non-hydrogen) atoms. The Hall–Kier alpha value is -0.820. The molecule has 1 saturated heterocycles. The summed E-state index contributed by atoms with van der Waals surface area (Å²) in [6, 6.07) is 5.10. The molecule has 0 bridgehead atoms. The Balaban J connectivity index is 1.96. The van der Waals surface area contributed by atoms with Crippen LogP contribution >= 0.6 is 11.3 Å². The van der Waals surface area contributed by atoms with Crippen LogP contribution in [-0.4, -0.2) is 24.0 Å². The van der Waals surface area contributed by atoms with Crippen molar-refractivity contribution in [1.29, 1.82) is 0 Å². The second-order valence-corrected chi connectivity index (χ2v) is 5.61. The monoisotopic (exact) mass is 248 g/mol. The lowest BCUT2D eigenvalue weighted by Gasteiger charge is -2.22.